The molecule has 1 aliphatic carbocycles. The molecule has 26 heavy (non-hydrogen) atoms. The Labute approximate surface area is 162 Å². The molecule has 0 saturated heterocycles. The molecule has 0 radical (unpaired) electrons. The SMILES string of the molecule is CCCCC(CC)COC1C[C@H](N)C(OCC(CC)CCCC)C[C@@H]1N. The third-order valence-corrected chi connectivity index (χ3v) is 6.14. The summed E-state index contributed by atoms with van der Waals surface area (Å²) in [5, 5.41) is 0. The van der Waals surface area contributed by atoms with Gasteiger partial charge >= 0.3 is 0 Å². The third-order valence-electron chi connectivity index (χ3n) is 6.14. The first-order chi connectivity index (χ1) is 12.5. The molecule has 6 atom stereocenters. The van der Waals surface area contributed by atoms with Gasteiger partial charge in [0.25, 0.3) is 0 Å². The molecule has 0 spiro atoms. The molecule has 0 amide bonds. The highest BCUT2D eigenvalue weighted by Gasteiger charge is 2.35. The molecular weight excluding hydrogens is 324 g/mol. The van der Waals surface area contributed by atoms with Crippen LogP contribution in [0.2, 0.25) is 0 Å². The van der Waals surface area contributed by atoms with Gasteiger partial charge in [-0.1, -0.05) is 66.2 Å². The summed E-state index contributed by atoms with van der Waals surface area (Å²) in [4.78, 5) is 0. The van der Waals surface area contributed by atoms with Crippen molar-refractivity contribution in [1.29, 1.82) is 0 Å². The topological polar surface area (TPSA) is 70.5 Å². The van der Waals surface area contributed by atoms with Crippen molar-refractivity contribution in [3.63, 3.8) is 0 Å². The Balaban J connectivity index is 2.38. The zero-order valence-electron chi connectivity index (χ0n) is 17.9. The van der Waals surface area contributed by atoms with E-state index in [2.05, 4.69) is 27.7 Å². The van der Waals surface area contributed by atoms with Gasteiger partial charge < -0.3 is 20.9 Å². The van der Waals surface area contributed by atoms with Gasteiger partial charge in [0.15, 0.2) is 0 Å². The lowest BCUT2D eigenvalue weighted by Gasteiger charge is -2.39. The van der Waals surface area contributed by atoms with Gasteiger partial charge in [0, 0.05) is 25.3 Å². The molecule has 4 unspecified atom stereocenters. The second kappa shape index (κ2) is 13.9. The predicted molar refractivity (Wildman–Crippen MR) is 111 cm³/mol. The molecule has 0 heterocycles. The predicted octanol–water partition coefficient (Wildman–Crippen LogP) is 4.64. The average Bonchev–Trinajstić information content (AvgIpc) is 2.65. The Morgan fingerprint density at radius 1 is 0.731 bits per heavy atom. The average molecular weight is 371 g/mol. The van der Waals surface area contributed by atoms with Crippen LogP contribution in [0.25, 0.3) is 0 Å². The standard InChI is InChI=1S/C22H46N2O2/c1-5-9-11-17(7-3)15-25-21-13-20(24)22(14-19(21)23)26-16-18(8-4)12-10-6-2/h17-22H,5-16,23-24H2,1-4H3/t17?,18?,19-,20-,21?,22?/m0/s1. The first-order valence-electron chi connectivity index (χ1n) is 11.3. The van der Waals surface area contributed by atoms with E-state index in [0.29, 0.717) is 11.8 Å². The number of hydrogen-bond acceptors (Lipinski definition) is 4. The maximum atomic E-state index is 6.42. The Morgan fingerprint density at radius 3 is 1.42 bits per heavy atom. The highest BCUT2D eigenvalue weighted by Crippen LogP contribution is 2.25. The minimum absolute atomic E-state index is 0.0409. The van der Waals surface area contributed by atoms with Crippen molar-refractivity contribution in [1.82, 2.24) is 0 Å². The third kappa shape index (κ3) is 8.69. The fraction of sp³-hybridized carbons (Fsp3) is 1.00. The Hall–Kier alpha value is -0.160. The fourth-order valence-electron chi connectivity index (χ4n) is 3.89. The van der Waals surface area contributed by atoms with E-state index >= 15 is 0 Å². The van der Waals surface area contributed by atoms with Crippen LogP contribution in [0.3, 0.4) is 0 Å². The van der Waals surface area contributed by atoms with E-state index in [1.165, 1.54) is 51.4 Å². The second-order valence-electron chi connectivity index (χ2n) is 8.38. The lowest BCUT2D eigenvalue weighted by Crippen LogP contribution is -2.54. The molecule has 1 rings (SSSR count). The maximum Gasteiger partial charge on any atom is 0.0742 e. The van der Waals surface area contributed by atoms with Crippen molar-refractivity contribution in [3.8, 4) is 0 Å². The molecule has 0 aromatic heterocycles. The summed E-state index contributed by atoms with van der Waals surface area (Å²) in [5.74, 6) is 1.30. The van der Waals surface area contributed by atoms with Crippen molar-refractivity contribution in [2.45, 2.75) is 116 Å². The van der Waals surface area contributed by atoms with Crippen molar-refractivity contribution in [2.24, 2.45) is 23.3 Å². The zero-order chi connectivity index (χ0) is 19.4. The molecule has 1 fully saturated rings. The highest BCUT2D eigenvalue weighted by atomic mass is 16.5. The van der Waals surface area contributed by atoms with Crippen LogP contribution in [0.5, 0.6) is 0 Å². The molecular formula is C22H46N2O2. The van der Waals surface area contributed by atoms with Crippen molar-refractivity contribution >= 4 is 0 Å². The largest absolute Gasteiger partial charge is 0.376 e. The molecule has 4 N–H and O–H groups in total. The Morgan fingerprint density at radius 2 is 1.12 bits per heavy atom. The maximum absolute atomic E-state index is 6.42. The Bertz CT molecular complexity index is 308. The van der Waals surface area contributed by atoms with Gasteiger partial charge in [-0.05, 0) is 37.5 Å². The molecule has 1 saturated carbocycles. The van der Waals surface area contributed by atoms with E-state index < -0.39 is 0 Å². The second-order valence-corrected chi connectivity index (χ2v) is 8.38. The lowest BCUT2D eigenvalue weighted by molar-refractivity contribution is -0.0676. The molecule has 156 valence electrons. The van der Waals surface area contributed by atoms with Crippen LogP contribution >= 0.6 is 0 Å². The van der Waals surface area contributed by atoms with Crippen LogP contribution in [-0.2, 0) is 9.47 Å². The normalized spacial score (nSPS) is 28.8. The van der Waals surface area contributed by atoms with Gasteiger partial charge in [0.05, 0.1) is 12.2 Å². The van der Waals surface area contributed by atoms with Gasteiger partial charge in [-0.15, -0.1) is 0 Å². The van der Waals surface area contributed by atoms with Crippen molar-refractivity contribution in [3.05, 3.63) is 0 Å². The van der Waals surface area contributed by atoms with Gasteiger partial charge in [0.2, 0.25) is 0 Å². The van der Waals surface area contributed by atoms with E-state index in [4.69, 9.17) is 20.9 Å². The highest BCUT2D eigenvalue weighted by molar-refractivity contribution is 4.92. The van der Waals surface area contributed by atoms with Crippen LogP contribution in [0.1, 0.15) is 91.9 Å². The quantitative estimate of drug-likeness (QED) is 0.467. The molecule has 0 aromatic carbocycles. The summed E-state index contributed by atoms with van der Waals surface area (Å²) in [6.45, 7) is 10.6. The van der Waals surface area contributed by atoms with Gasteiger partial charge in [-0.3, -0.25) is 0 Å². The number of rotatable bonds is 14. The van der Waals surface area contributed by atoms with Crippen LogP contribution in [0.15, 0.2) is 0 Å². The van der Waals surface area contributed by atoms with Gasteiger partial charge in [-0.2, -0.15) is 0 Å². The number of nitrogens with two attached hydrogens (primary N) is 2. The number of hydrogen-bond donors (Lipinski definition) is 2. The van der Waals surface area contributed by atoms with E-state index in [1.54, 1.807) is 0 Å². The van der Waals surface area contributed by atoms with Gasteiger partial charge in [-0.25, -0.2) is 0 Å². The van der Waals surface area contributed by atoms with E-state index in [1.807, 2.05) is 0 Å². The van der Waals surface area contributed by atoms with Crippen LogP contribution < -0.4 is 11.5 Å². The smallest absolute Gasteiger partial charge is 0.0742 e. The van der Waals surface area contributed by atoms with Crippen LogP contribution in [0.4, 0.5) is 0 Å². The lowest BCUT2D eigenvalue weighted by atomic mass is 9.86. The monoisotopic (exact) mass is 370 g/mol. The molecule has 0 aromatic rings. The molecule has 4 heteroatoms. The minimum atomic E-state index is 0.0409. The summed E-state index contributed by atoms with van der Waals surface area (Å²) in [7, 11) is 0. The molecule has 4 nitrogen and oxygen atoms in total. The van der Waals surface area contributed by atoms with Crippen LogP contribution in [-0.4, -0.2) is 37.5 Å². The fourth-order valence-corrected chi connectivity index (χ4v) is 3.89. The molecule has 1 aliphatic rings. The summed E-state index contributed by atoms with van der Waals surface area (Å²) in [5.41, 5.74) is 12.8. The summed E-state index contributed by atoms with van der Waals surface area (Å²) >= 11 is 0. The summed E-state index contributed by atoms with van der Waals surface area (Å²) in [6, 6.07) is 0.0819. The van der Waals surface area contributed by atoms with E-state index in [0.717, 1.165) is 26.1 Å². The van der Waals surface area contributed by atoms with Crippen LogP contribution in [0, 0.1) is 11.8 Å². The first-order valence-corrected chi connectivity index (χ1v) is 11.3. The number of unbranched alkanes of at least 4 members (excludes halogenated alkanes) is 2. The number of ether oxygens (including phenoxy) is 2. The van der Waals surface area contributed by atoms with Crippen molar-refractivity contribution < 1.29 is 9.47 Å². The zero-order valence-corrected chi connectivity index (χ0v) is 17.9. The van der Waals surface area contributed by atoms with E-state index in [9.17, 15) is 0 Å². The summed E-state index contributed by atoms with van der Waals surface area (Å²) in [6.07, 6.45) is 11.7. The van der Waals surface area contributed by atoms with E-state index in [-0.39, 0.29) is 24.3 Å². The Kier molecular flexibility index (Phi) is 12.8. The van der Waals surface area contributed by atoms with Crippen molar-refractivity contribution in [2.75, 3.05) is 13.2 Å². The molecule has 0 aliphatic heterocycles. The van der Waals surface area contributed by atoms with Gasteiger partial charge in [0.1, 0.15) is 0 Å². The first kappa shape index (κ1) is 23.9. The minimum Gasteiger partial charge on any atom is -0.376 e. The summed E-state index contributed by atoms with van der Waals surface area (Å²) < 4.78 is 12.4. The molecule has 0 bridgehead atoms.